The van der Waals surface area contributed by atoms with Crippen LogP contribution in [0.4, 0.5) is 4.39 Å². The SMILES string of the molecule is CC(Oc1ccccc1F)C(=O)NC(C)c1nn[nH]n1. The van der Waals surface area contributed by atoms with E-state index in [2.05, 4.69) is 25.9 Å². The first-order chi connectivity index (χ1) is 9.58. The molecule has 2 rings (SSSR count). The van der Waals surface area contributed by atoms with Crippen molar-refractivity contribution in [3.8, 4) is 5.75 Å². The maximum atomic E-state index is 13.4. The van der Waals surface area contributed by atoms with Crippen LogP contribution >= 0.6 is 0 Å². The molecule has 0 fully saturated rings. The van der Waals surface area contributed by atoms with Gasteiger partial charge in [0, 0.05) is 0 Å². The van der Waals surface area contributed by atoms with Gasteiger partial charge in [-0.2, -0.15) is 5.21 Å². The van der Waals surface area contributed by atoms with Crippen molar-refractivity contribution in [2.75, 3.05) is 0 Å². The number of tetrazole rings is 1. The van der Waals surface area contributed by atoms with Crippen LogP contribution in [0.1, 0.15) is 25.7 Å². The molecule has 0 saturated heterocycles. The lowest BCUT2D eigenvalue weighted by Crippen LogP contribution is -2.38. The van der Waals surface area contributed by atoms with Gasteiger partial charge in [-0.05, 0) is 26.0 Å². The van der Waals surface area contributed by atoms with Crippen molar-refractivity contribution >= 4 is 5.91 Å². The Morgan fingerprint density at radius 1 is 1.40 bits per heavy atom. The Kier molecular flexibility index (Phi) is 4.24. The van der Waals surface area contributed by atoms with Gasteiger partial charge in [0.15, 0.2) is 23.5 Å². The third kappa shape index (κ3) is 3.28. The highest BCUT2D eigenvalue weighted by Crippen LogP contribution is 2.17. The highest BCUT2D eigenvalue weighted by molar-refractivity contribution is 5.81. The first-order valence-electron chi connectivity index (χ1n) is 6.03. The molecule has 106 valence electrons. The van der Waals surface area contributed by atoms with E-state index in [4.69, 9.17) is 4.74 Å². The molecule has 0 aliphatic rings. The Hall–Kier alpha value is -2.51. The van der Waals surface area contributed by atoms with Crippen molar-refractivity contribution in [2.45, 2.75) is 26.0 Å². The molecule has 0 bridgehead atoms. The number of H-pyrrole nitrogens is 1. The Labute approximate surface area is 114 Å². The van der Waals surface area contributed by atoms with Gasteiger partial charge in [0.1, 0.15) is 0 Å². The standard InChI is InChI=1S/C12H14FN5O2/c1-7(11-15-17-18-16-11)14-12(19)8(2)20-10-6-4-3-5-9(10)13/h3-8H,1-2H3,(H,14,19)(H,15,16,17,18). The fourth-order valence-corrected chi connectivity index (χ4v) is 1.53. The molecular formula is C12H14FN5O2. The zero-order valence-electron chi connectivity index (χ0n) is 11.0. The number of hydrogen-bond donors (Lipinski definition) is 2. The molecule has 0 spiro atoms. The maximum absolute atomic E-state index is 13.4. The number of carbonyl (C=O) groups is 1. The summed E-state index contributed by atoms with van der Waals surface area (Å²) in [4.78, 5) is 11.9. The number of ether oxygens (including phenoxy) is 1. The maximum Gasteiger partial charge on any atom is 0.261 e. The minimum atomic E-state index is -0.846. The molecule has 2 atom stereocenters. The van der Waals surface area contributed by atoms with E-state index < -0.39 is 23.9 Å². The molecule has 2 aromatic rings. The van der Waals surface area contributed by atoms with E-state index in [1.165, 1.54) is 19.1 Å². The van der Waals surface area contributed by atoms with Crippen LogP contribution in [0.15, 0.2) is 24.3 Å². The number of hydrogen-bond acceptors (Lipinski definition) is 5. The largest absolute Gasteiger partial charge is 0.478 e. The van der Waals surface area contributed by atoms with E-state index >= 15 is 0 Å². The normalized spacial score (nSPS) is 13.6. The van der Waals surface area contributed by atoms with Crippen LogP contribution in [-0.2, 0) is 4.79 Å². The van der Waals surface area contributed by atoms with E-state index in [0.717, 1.165) is 0 Å². The zero-order chi connectivity index (χ0) is 14.5. The molecule has 0 radical (unpaired) electrons. The van der Waals surface area contributed by atoms with E-state index in [1.807, 2.05) is 0 Å². The number of aromatic nitrogens is 4. The topological polar surface area (TPSA) is 92.8 Å². The molecule has 20 heavy (non-hydrogen) atoms. The Morgan fingerprint density at radius 3 is 2.80 bits per heavy atom. The lowest BCUT2D eigenvalue weighted by atomic mass is 10.2. The lowest BCUT2D eigenvalue weighted by molar-refractivity contribution is -0.128. The predicted molar refractivity (Wildman–Crippen MR) is 67.2 cm³/mol. The molecule has 8 heteroatoms. The number of para-hydroxylation sites is 1. The summed E-state index contributed by atoms with van der Waals surface area (Å²) in [5, 5.41) is 15.9. The molecule has 1 aromatic carbocycles. The minimum absolute atomic E-state index is 0.0300. The summed E-state index contributed by atoms with van der Waals surface area (Å²) in [6.07, 6.45) is -0.846. The van der Waals surface area contributed by atoms with Crippen molar-refractivity contribution < 1.29 is 13.9 Å². The molecule has 0 saturated carbocycles. The summed E-state index contributed by atoms with van der Waals surface area (Å²) < 4.78 is 18.7. The van der Waals surface area contributed by atoms with Crippen LogP contribution in [0.2, 0.25) is 0 Å². The molecule has 1 aromatic heterocycles. The number of halogens is 1. The Morgan fingerprint density at radius 2 is 2.15 bits per heavy atom. The number of carbonyl (C=O) groups excluding carboxylic acids is 1. The van der Waals surface area contributed by atoms with Gasteiger partial charge in [-0.15, -0.1) is 10.2 Å². The number of nitrogens with zero attached hydrogens (tertiary/aromatic N) is 3. The number of rotatable bonds is 5. The zero-order valence-corrected chi connectivity index (χ0v) is 11.0. The van der Waals surface area contributed by atoms with E-state index in [1.54, 1.807) is 19.1 Å². The van der Waals surface area contributed by atoms with Crippen LogP contribution in [0.5, 0.6) is 5.75 Å². The second-order valence-corrected chi connectivity index (χ2v) is 4.19. The van der Waals surface area contributed by atoms with Gasteiger partial charge in [-0.1, -0.05) is 17.3 Å². The Bertz CT molecular complexity index is 575. The van der Waals surface area contributed by atoms with Crippen LogP contribution in [-0.4, -0.2) is 32.6 Å². The van der Waals surface area contributed by atoms with E-state index in [9.17, 15) is 9.18 Å². The molecular weight excluding hydrogens is 265 g/mol. The van der Waals surface area contributed by atoms with Crippen molar-refractivity contribution in [1.29, 1.82) is 0 Å². The van der Waals surface area contributed by atoms with Crippen LogP contribution < -0.4 is 10.1 Å². The monoisotopic (exact) mass is 279 g/mol. The first kappa shape index (κ1) is 13.9. The fraction of sp³-hybridized carbons (Fsp3) is 0.333. The summed E-state index contributed by atoms with van der Waals surface area (Å²) in [6, 6.07) is 5.48. The summed E-state index contributed by atoms with van der Waals surface area (Å²) in [5.41, 5.74) is 0. The van der Waals surface area contributed by atoms with Gasteiger partial charge in [0.05, 0.1) is 6.04 Å². The van der Waals surface area contributed by atoms with Crippen LogP contribution in [0.25, 0.3) is 0 Å². The van der Waals surface area contributed by atoms with Gasteiger partial charge in [0.25, 0.3) is 5.91 Å². The summed E-state index contributed by atoms with van der Waals surface area (Å²) in [6.45, 7) is 3.24. The summed E-state index contributed by atoms with van der Waals surface area (Å²) >= 11 is 0. The molecule has 1 amide bonds. The minimum Gasteiger partial charge on any atom is -0.478 e. The van der Waals surface area contributed by atoms with Crippen molar-refractivity contribution in [2.24, 2.45) is 0 Å². The molecule has 1 heterocycles. The van der Waals surface area contributed by atoms with E-state index in [-0.39, 0.29) is 5.75 Å². The van der Waals surface area contributed by atoms with Crippen molar-refractivity contribution in [3.05, 3.63) is 35.9 Å². The molecule has 0 aliphatic heterocycles. The first-order valence-corrected chi connectivity index (χ1v) is 6.03. The second-order valence-electron chi connectivity index (χ2n) is 4.19. The highest BCUT2D eigenvalue weighted by Gasteiger charge is 2.20. The smallest absolute Gasteiger partial charge is 0.261 e. The summed E-state index contributed by atoms with van der Waals surface area (Å²) in [5.74, 6) is -0.525. The average molecular weight is 279 g/mol. The molecule has 7 nitrogen and oxygen atoms in total. The molecule has 2 unspecified atom stereocenters. The van der Waals surface area contributed by atoms with Gasteiger partial charge in [-0.25, -0.2) is 4.39 Å². The summed E-state index contributed by atoms with van der Waals surface area (Å²) in [7, 11) is 0. The quantitative estimate of drug-likeness (QED) is 0.851. The van der Waals surface area contributed by atoms with Crippen molar-refractivity contribution in [3.63, 3.8) is 0 Å². The van der Waals surface area contributed by atoms with Crippen molar-refractivity contribution in [1.82, 2.24) is 25.9 Å². The van der Waals surface area contributed by atoms with Gasteiger partial charge in [0.2, 0.25) is 0 Å². The molecule has 2 N–H and O–H groups in total. The van der Waals surface area contributed by atoms with E-state index in [0.29, 0.717) is 5.82 Å². The number of amides is 1. The Balaban J connectivity index is 1.94. The highest BCUT2D eigenvalue weighted by atomic mass is 19.1. The third-order valence-corrected chi connectivity index (χ3v) is 2.62. The van der Waals surface area contributed by atoms with Crippen LogP contribution in [0.3, 0.4) is 0 Å². The van der Waals surface area contributed by atoms with Crippen LogP contribution in [0, 0.1) is 5.82 Å². The fourth-order valence-electron chi connectivity index (χ4n) is 1.53. The average Bonchev–Trinajstić information content (AvgIpc) is 2.95. The lowest BCUT2D eigenvalue weighted by Gasteiger charge is -2.17. The van der Waals surface area contributed by atoms with Gasteiger partial charge < -0.3 is 10.1 Å². The number of aromatic amines is 1. The van der Waals surface area contributed by atoms with Gasteiger partial charge in [-0.3, -0.25) is 4.79 Å². The second kappa shape index (κ2) is 6.09. The number of benzene rings is 1. The van der Waals surface area contributed by atoms with Gasteiger partial charge >= 0.3 is 0 Å². The molecule has 0 aliphatic carbocycles. The number of nitrogens with one attached hydrogen (secondary N) is 2. The predicted octanol–water partition coefficient (Wildman–Crippen LogP) is 0.983. The third-order valence-electron chi connectivity index (χ3n) is 2.62.